The standard InChI is InChI=1S/C12H26N2O/c1-4-12-9-15-11(3)8-14(12)6-5-10(2)7-13/h10-12H,4-9,13H2,1-3H3. The van der Waals surface area contributed by atoms with Gasteiger partial charge in [-0.1, -0.05) is 13.8 Å². The Kier molecular flexibility index (Phi) is 5.58. The monoisotopic (exact) mass is 214 g/mol. The molecule has 0 radical (unpaired) electrons. The largest absolute Gasteiger partial charge is 0.376 e. The maximum atomic E-state index is 5.68. The van der Waals surface area contributed by atoms with Crippen LogP contribution in [0.25, 0.3) is 0 Å². The Hall–Kier alpha value is -0.120. The Bertz CT molecular complexity index is 175. The molecule has 0 saturated carbocycles. The van der Waals surface area contributed by atoms with E-state index in [1.165, 1.54) is 19.4 Å². The van der Waals surface area contributed by atoms with Gasteiger partial charge in [0, 0.05) is 12.6 Å². The van der Waals surface area contributed by atoms with Gasteiger partial charge in [0.1, 0.15) is 0 Å². The highest BCUT2D eigenvalue weighted by Crippen LogP contribution is 2.15. The van der Waals surface area contributed by atoms with E-state index in [4.69, 9.17) is 10.5 Å². The molecule has 3 heteroatoms. The van der Waals surface area contributed by atoms with E-state index in [1.54, 1.807) is 0 Å². The van der Waals surface area contributed by atoms with Gasteiger partial charge in [-0.05, 0) is 38.8 Å². The lowest BCUT2D eigenvalue weighted by atomic mass is 10.1. The van der Waals surface area contributed by atoms with Crippen LogP contribution in [-0.4, -0.2) is 43.3 Å². The Morgan fingerprint density at radius 1 is 1.53 bits per heavy atom. The summed E-state index contributed by atoms with van der Waals surface area (Å²) in [7, 11) is 0. The molecule has 1 saturated heterocycles. The normalized spacial score (nSPS) is 30.4. The van der Waals surface area contributed by atoms with E-state index in [0.717, 1.165) is 19.7 Å². The van der Waals surface area contributed by atoms with Crippen LogP contribution in [0.3, 0.4) is 0 Å². The van der Waals surface area contributed by atoms with E-state index in [-0.39, 0.29) is 0 Å². The molecular weight excluding hydrogens is 188 g/mol. The van der Waals surface area contributed by atoms with Crippen molar-refractivity contribution in [3.8, 4) is 0 Å². The Balaban J connectivity index is 2.34. The molecule has 0 aromatic heterocycles. The average molecular weight is 214 g/mol. The summed E-state index contributed by atoms with van der Waals surface area (Å²) in [6, 6.07) is 0.617. The van der Waals surface area contributed by atoms with E-state index < -0.39 is 0 Å². The van der Waals surface area contributed by atoms with E-state index in [2.05, 4.69) is 25.7 Å². The lowest BCUT2D eigenvalue weighted by Gasteiger charge is -2.38. The fourth-order valence-electron chi connectivity index (χ4n) is 2.07. The molecule has 2 N–H and O–H groups in total. The first-order chi connectivity index (χ1) is 7.17. The molecule has 3 unspecified atom stereocenters. The fraction of sp³-hybridized carbons (Fsp3) is 1.00. The minimum absolute atomic E-state index is 0.390. The lowest BCUT2D eigenvalue weighted by Crippen LogP contribution is -2.49. The van der Waals surface area contributed by atoms with E-state index >= 15 is 0 Å². The molecule has 1 fully saturated rings. The average Bonchev–Trinajstić information content (AvgIpc) is 2.26. The molecule has 1 heterocycles. The van der Waals surface area contributed by atoms with Crippen molar-refractivity contribution in [2.75, 3.05) is 26.2 Å². The Morgan fingerprint density at radius 2 is 2.27 bits per heavy atom. The van der Waals surface area contributed by atoms with Gasteiger partial charge < -0.3 is 10.5 Å². The molecule has 0 amide bonds. The predicted molar refractivity (Wildman–Crippen MR) is 63.9 cm³/mol. The van der Waals surface area contributed by atoms with Gasteiger partial charge in [0.05, 0.1) is 12.7 Å². The van der Waals surface area contributed by atoms with Crippen LogP contribution in [0, 0.1) is 5.92 Å². The van der Waals surface area contributed by atoms with E-state index in [0.29, 0.717) is 18.1 Å². The zero-order valence-electron chi connectivity index (χ0n) is 10.4. The van der Waals surface area contributed by atoms with Crippen LogP contribution in [0.15, 0.2) is 0 Å². The Morgan fingerprint density at radius 3 is 2.87 bits per heavy atom. The number of hydrogen-bond donors (Lipinski definition) is 1. The molecule has 0 bridgehead atoms. The summed E-state index contributed by atoms with van der Waals surface area (Å²) in [5.74, 6) is 0.639. The van der Waals surface area contributed by atoms with Gasteiger partial charge in [0.15, 0.2) is 0 Å². The number of nitrogens with zero attached hydrogens (tertiary/aromatic N) is 1. The highest BCUT2D eigenvalue weighted by atomic mass is 16.5. The van der Waals surface area contributed by atoms with Crippen LogP contribution in [0.5, 0.6) is 0 Å². The number of hydrogen-bond acceptors (Lipinski definition) is 3. The first-order valence-electron chi connectivity index (χ1n) is 6.23. The maximum Gasteiger partial charge on any atom is 0.0674 e. The summed E-state index contributed by atoms with van der Waals surface area (Å²) in [5, 5.41) is 0. The zero-order valence-corrected chi connectivity index (χ0v) is 10.4. The van der Waals surface area contributed by atoms with Crippen molar-refractivity contribution in [1.29, 1.82) is 0 Å². The van der Waals surface area contributed by atoms with E-state index in [1.807, 2.05) is 0 Å². The topological polar surface area (TPSA) is 38.5 Å². The van der Waals surface area contributed by atoms with Crippen LogP contribution in [0.1, 0.15) is 33.6 Å². The molecule has 1 aliphatic rings. The summed E-state index contributed by atoms with van der Waals surface area (Å²) in [5.41, 5.74) is 5.64. The van der Waals surface area contributed by atoms with Crippen molar-refractivity contribution in [3.05, 3.63) is 0 Å². The van der Waals surface area contributed by atoms with Crippen molar-refractivity contribution in [1.82, 2.24) is 4.90 Å². The summed E-state index contributed by atoms with van der Waals surface area (Å²) in [4.78, 5) is 2.57. The molecule has 3 nitrogen and oxygen atoms in total. The molecule has 0 aromatic carbocycles. The minimum Gasteiger partial charge on any atom is -0.376 e. The molecule has 90 valence electrons. The van der Waals surface area contributed by atoms with Crippen molar-refractivity contribution in [2.45, 2.75) is 45.8 Å². The van der Waals surface area contributed by atoms with Gasteiger partial charge in [-0.2, -0.15) is 0 Å². The number of nitrogens with two attached hydrogens (primary N) is 1. The van der Waals surface area contributed by atoms with Gasteiger partial charge >= 0.3 is 0 Å². The summed E-state index contributed by atoms with van der Waals surface area (Å²) in [6.45, 7) is 10.6. The third kappa shape index (κ3) is 4.09. The zero-order chi connectivity index (χ0) is 11.3. The molecular formula is C12H26N2O. The van der Waals surface area contributed by atoms with Crippen LogP contribution in [0.4, 0.5) is 0 Å². The molecule has 1 aliphatic heterocycles. The van der Waals surface area contributed by atoms with Crippen LogP contribution < -0.4 is 5.73 Å². The first-order valence-corrected chi connectivity index (χ1v) is 6.23. The second-order valence-corrected chi connectivity index (χ2v) is 4.83. The minimum atomic E-state index is 0.390. The first kappa shape index (κ1) is 12.9. The smallest absolute Gasteiger partial charge is 0.0674 e. The predicted octanol–water partition coefficient (Wildman–Crippen LogP) is 1.47. The van der Waals surface area contributed by atoms with Crippen molar-refractivity contribution >= 4 is 0 Å². The summed E-state index contributed by atoms with van der Waals surface area (Å²) >= 11 is 0. The molecule has 0 aromatic rings. The second kappa shape index (κ2) is 6.46. The lowest BCUT2D eigenvalue weighted by molar-refractivity contribution is -0.0569. The molecule has 0 spiro atoms. The molecule has 1 rings (SSSR count). The number of morpholine rings is 1. The number of rotatable bonds is 5. The van der Waals surface area contributed by atoms with Gasteiger partial charge in [0.25, 0.3) is 0 Å². The Labute approximate surface area is 94.0 Å². The third-order valence-corrected chi connectivity index (χ3v) is 3.36. The van der Waals surface area contributed by atoms with Gasteiger partial charge in [-0.3, -0.25) is 4.90 Å². The highest BCUT2D eigenvalue weighted by molar-refractivity contribution is 4.78. The third-order valence-electron chi connectivity index (χ3n) is 3.36. The number of ether oxygens (including phenoxy) is 1. The summed E-state index contributed by atoms with van der Waals surface area (Å²) in [6.07, 6.45) is 2.78. The van der Waals surface area contributed by atoms with Crippen molar-refractivity contribution in [3.63, 3.8) is 0 Å². The second-order valence-electron chi connectivity index (χ2n) is 4.83. The quantitative estimate of drug-likeness (QED) is 0.753. The fourth-order valence-corrected chi connectivity index (χ4v) is 2.07. The van der Waals surface area contributed by atoms with Crippen LogP contribution >= 0.6 is 0 Å². The molecule has 0 aliphatic carbocycles. The van der Waals surface area contributed by atoms with Gasteiger partial charge in [0.2, 0.25) is 0 Å². The SMILES string of the molecule is CCC1COC(C)CN1CCC(C)CN. The maximum absolute atomic E-state index is 5.68. The van der Waals surface area contributed by atoms with Gasteiger partial charge in [-0.25, -0.2) is 0 Å². The van der Waals surface area contributed by atoms with Crippen molar-refractivity contribution < 1.29 is 4.74 Å². The highest BCUT2D eigenvalue weighted by Gasteiger charge is 2.25. The molecule has 15 heavy (non-hydrogen) atoms. The summed E-state index contributed by atoms with van der Waals surface area (Å²) < 4.78 is 5.68. The van der Waals surface area contributed by atoms with Crippen LogP contribution in [-0.2, 0) is 4.74 Å². The van der Waals surface area contributed by atoms with Crippen LogP contribution in [0.2, 0.25) is 0 Å². The van der Waals surface area contributed by atoms with Gasteiger partial charge in [-0.15, -0.1) is 0 Å². The van der Waals surface area contributed by atoms with Crippen molar-refractivity contribution in [2.24, 2.45) is 11.7 Å². The molecule has 3 atom stereocenters. The van der Waals surface area contributed by atoms with E-state index in [9.17, 15) is 0 Å².